The third kappa shape index (κ3) is 3.95. The Morgan fingerprint density at radius 1 is 1.33 bits per heavy atom. The first-order valence-corrected chi connectivity index (χ1v) is 8.88. The summed E-state index contributed by atoms with van der Waals surface area (Å²) in [6.07, 6.45) is 1.47. The summed E-state index contributed by atoms with van der Waals surface area (Å²) in [5, 5.41) is 6.47. The minimum absolute atomic E-state index is 0.124. The summed E-state index contributed by atoms with van der Waals surface area (Å²) < 4.78 is 26.6. The van der Waals surface area contributed by atoms with Crippen molar-refractivity contribution in [1.82, 2.24) is 24.3 Å². The van der Waals surface area contributed by atoms with Gasteiger partial charge in [-0.1, -0.05) is 0 Å². The molecule has 1 aromatic heterocycles. The number of alkyl halides is 1. The summed E-state index contributed by atoms with van der Waals surface area (Å²) in [5.41, 5.74) is 0.520. The molecular formula is C12H22ClN5O2S. The molecule has 120 valence electrons. The Hall–Kier alpha value is -0.670. The van der Waals surface area contributed by atoms with E-state index in [9.17, 15) is 8.42 Å². The highest BCUT2D eigenvalue weighted by Gasteiger charge is 2.31. The Morgan fingerprint density at radius 2 is 2.00 bits per heavy atom. The molecule has 0 atom stereocenters. The Kier molecular flexibility index (Phi) is 5.61. The molecule has 0 bridgehead atoms. The van der Waals surface area contributed by atoms with Crippen LogP contribution in [0, 0.1) is 0 Å². The number of nitrogens with one attached hydrogen (secondary N) is 1. The molecule has 9 heteroatoms. The number of nitrogens with zero attached hydrogens (tertiary/aromatic N) is 4. The molecule has 0 aromatic carbocycles. The van der Waals surface area contributed by atoms with Gasteiger partial charge in [-0.3, -0.25) is 10.00 Å². The number of hydrogen-bond acceptors (Lipinski definition) is 5. The number of rotatable bonds is 6. The number of H-pyrrole nitrogens is 1. The van der Waals surface area contributed by atoms with E-state index >= 15 is 0 Å². The third-order valence-corrected chi connectivity index (χ3v) is 5.82. The average molecular weight is 336 g/mol. The maximum absolute atomic E-state index is 12.6. The van der Waals surface area contributed by atoms with Gasteiger partial charge in [-0.2, -0.15) is 9.40 Å². The zero-order chi connectivity index (χ0) is 15.5. The molecule has 0 saturated carbocycles. The number of likely N-dealkylation sites (N-methyl/N-ethyl adjacent to an activating group) is 1. The molecule has 1 fully saturated rings. The summed E-state index contributed by atoms with van der Waals surface area (Å²) in [7, 11) is 0.546. The van der Waals surface area contributed by atoms with Crippen LogP contribution in [0.4, 0.5) is 0 Å². The minimum atomic E-state index is -3.52. The molecule has 0 spiro atoms. The zero-order valence-electron chi connectivity index (χ0n) is 12.4. The lowest BCUT2D eigenvalue weighted by Gasteiger charge is -2.34. The Balaban J connectivity index is 1.98. The van der Waals surface area contributed by atoms with Crippen LogP contribution in [0.1, 0.15) is 5.56 Å². The van der Waals surface area contributed by atoms with E-state index in [1.165, 1.54) is 10.5 Å². The monoisotopic (exact) mass is 335 g/mol. The van der Waals surface area contributed by atoms with Gasteiger partial charge in [0.15, 0.2) is 5.03 Å². The van der Waals surface area contributed by atoms with E-state index in [-0.39, 0.29) is 10.9 Å². The minimum Gasteiger partial charge on any atom is -0.308 e. The fourth-order valence-electron chi connectivity index (χ4n) is 2.28. The Morgan fingerprint density at radius 3 is 2.57 bits per heavy atom. The quantitative estimate of drug-likeness (QED) is 0.742. The summed E-state index contributed by atoms with van der Waals surface area (Å²) in [6, 6.07) is 0. The van der Waals surface area contributed by atoms with Crippen molar-refractivity contribution in [2.75, 3.05) is 53.4 Å². The molecule has 0 aliphatic carbocycles. The van der Waals surface area contributed by atoms with Crippen molar-refractivity contribution in [3.63, 3.8) is 0 Å². The second-order valence-electron chi connectivity index (χ2n) is 5.41. The number of aromatic nitrogens is 2. The summed E-state index contributed by atoms with van der Waals surface area (Å²) in [6.45, 7) is 4.42. The van der Waals surface area contributed by atoms with Gasteiger partial charge in [-0.15, -0.1) is 11.6 Å². The Labute approximate surface area is 130 Å². The molecule has 1 saturated heterocycles. The van der Waals surface area contributed by atoms with Gasteiger partial charge in [0.2, 0.25) is 0 Å². The second-order valence-corrected chi connectivity index (χ2v) is 7.55. The molecule has 1 aliphatic rings. The van der Waals surface area contributed by atoms with Crippen LogP contribution in [-0.4, -0.2) is 86.1 Å². The van der Waals surface area contributed by atoms with Gasteiger partial charge in [-0.25, -0.2) is 8.42 Å². The van der Waals surface area contributed by atoms with E-state index in [4.69, 9.17) is 11.6 Å². The fraction of sp³-hybridized carbons (Fsp3) is 0.750. The van der Waals surface area contributed by atoms with Gasteiger partial charge in [0.1, 0.15) is 0 Å². The van der Waals surface area contributed by atoms with Crippen LogP contribution in [0.3, 0.4) is 0 Å². The largest absolute Gasteiger partial charge is 0.308 e. The van der Waals surface area contributed by atoms with E-state index in [0.29, 0.717) is 18.7 Å². The molecule has 21 heavy (non-hydrogen) atoms. The molecule has 0 radical (unpaired) electrons. The van der Waals surface area contributed by atoms with E-state index in [1.54, 1.807) is 0 Å². The molecule has 1 aliphatic heterocycles. The van der Waals surface area contributed by atoms with Gasteiger partial charge < -0.3 is 4.90 Å². The van der Waals surface area contributed by atoms with Gasteiger partial charge in [-0.05, 0) is 14.1 Å². The van der Waals surface area contributed by atoms with Crippen molar-refractivity contribution >= 4 is 21.6 Å². The van der Waals surface area contributed by atoms with Crippen molar-refractivity contribution in [1.29, 1.82) is 0 Å². The predicted octanol–water partition coefficient (Wildman–Crippen LogP) is 0.0164. The van der Waals surface area contributed by atoms with Gasteiger partial charge in [0.25, 0.3) is 10.0 Å². The van der Waals surface area contributed by atoms with Crippen LogP contribution >= 0.6 is 11.6 Å². The van der Waals surface area contributed by atoms with Crippen molar-refractivity contribution in [3.8, 4) is 0 Å². The van der Waals surface area contributed by atoms with Crippen LogP contribution in [0.5, 0.6) is 0 Å². The van der Waals surface area contributed by atoms with Crippen molar-refractivity contribution in [2.24, 2.45) is 0 Å². The molecular weight excluding hydrogens is 314 g/mol. The highest BCUT2D eigenvalue weighted by atomic mass is 35.5. The molecule has 0 amide bonds. The van der Waals surface area contributed by atoms with Crippen molar-refractivity contribution in [2.45, 2.75) is 10.9 Å². The maximum atomic E-state index is 12.6. The van der Waals surface area contributed by atoms with Crippen LogP contribution in [0.2, 0.25) is 0 Å². The maximum Gasteiger partial charge on any atom is 0.260 e. The van der Waals surface area contributed by atoms with E-state index in [0.717, 1.165) is 26.2 Å². The van der Waals surface area contributed by atoms with Gasteiger partial charge in [0, 0.05) is 44.8 Å². The van der Waals surface area contributed by atoms with Crippen LogP contribution in [0.25, 0.3) is 0 Å². The molecule has 2 rings (SSSR count). The van der Waals surface area contributed by atoms with E-state index < -0.39 is 10.0 Å². The van der Waals surface area contributed by atoms with Crippen LogP contribution in [-0.2, 0) is 15.9 Å². The highest BCUT2D eigenvalue weighted by molar-refractivity contribution is 7.89. The predicted molar refractivity (Wildman–Crippen MR) is 81.9 cm³/mol. The molecule has 1 aromatic rings. The normalized spacial score (nSPS) is 18.5. The first-order valence-electron chi connectivity index (χ1n) is 6.90. The Bertz CT molecular complexity index is 552. The van der Waals surface area contributed by atoms with E-state index in [2.05, 4.69) is 20.0 Å². The van der Waals surface area contributed by atoms with Crippen molar-refractivity contribution < 1.29 is 8.42 Å². The molecule has 2 heterocycles. The fourth-order valence-corrected chi connectivity index (χ4v) is 4.09. The summed E-state index contributed by atoms with van der Waals surface area (Å²) >= 11 is 5.76. The second kappa shape index (κ2) is 7.06. The van der Waals surface area contributed by atoms with Gasteiger partial charge in [0.05, 0.1) is 12.1 Å². The number of sulfonamides is 1. The standard InChI is InChI=1S/C12H22ClN5O2S/c1-16(2)3-4-17-5-7-18(8-6-17)21(19,20)12-11(9-13)10-14-15-12/h10H,3-9H2,1-2H3,(H,14,15). The highest BCUT2D eigenvalue weighted by Crippen LogP contribution is 2.20. The first kappa shape index (κ1) is 16.7. The lowest BCUT2D eigenvalue weighted by atomic mass is 10.3. The zero-order valence-corrected chi connectivity index (χ0v) is 14.0. The molecule has 7 nitrogen and oxygen atoms in total. The number of aromatic amines is 1. The first-order chi connectivity index (χ1) is 9.95. The molecule has 1 N–H and O–H groups in total. The van der Waals surface area contributed by atoms with Crippen LogP contribution in [0.15, 0.2) is 11.2 Å². The number of hydrogen-bond donors (Lipinski definition) is 1. The smallest absolute Gasteiger partial charge is 0.260 e. The lowest BCUT2D eigenvalue weighted by molar-refractivity contribution is 0.174. The number of piperazine rings is 1. The number of halogens is 1. The SMILES string of the molecule is CN(C)CCN1CCN(S(=O)(=O)c2[nH]ncc2CCl)CC1. The molecule has 0 unspecified atom stereocenters. The topological polar surface area (TPSA) is 72.5 Å². The van der Waals surface area contributed by atoms with Crippen LogP contribution < -0.4 is 0 Å². The van der Waals surface area contributed by atoms with Gasteiger partial charge >= 0.3 is 0 Å². The average Bonchev–Trinajstić information content (AvgIpc) is 2.94. The summed E-state index contributed by atoms with van der Waals surface area (Å²) in [4.78, 5) is 4.40. The van der Waals surface area contributed by atoms with Crippen molar-refractivity contribution in [3.05, 3.63) is 11.8 Å². The summed E-state index contributed by atoms with van der Waals surface area (Å²) in [5.74, 6) is 0.133. The van der Waals surface area contributed by atoms with E-state index in [1.807, 2.05) is 14.1 Å². The lowest BCUT2D eigenvalue weighted by Crippen LogP contribution is -2.50. The third-order valence-electron chi connectivity index (χ3n) is 3.61.